The molecule has 274 valence electrons. The van der Waals surface area contributed by atoms with Crippen molar-refractivity contribution in [2.45, 2.75) is 85.5 Å². The van der Waals surface area contributed by atoms with Gasteiger partial charge in [0.2, 0.25) is 0 Å². The molecule has 2 aromatic heterocycles. The third kappa shape index (κ3) is 6.72. The Morgan fingerprint density at radius 3 is 2.15 bits per heavy atom. The molecule has 5 nitrogen and oxygen atoms in total. The van der Waals surface area contributed by atoms with Gasteiger partial charge in [0.05, 0.1) is 22.4 Å². The van der Waals surface area contributed by atoms with Gasteiger partial charge in [-0.05, 0) is 121 Å². The van der Waals surface area contributed by atoms with Crippen molar-refractivity contribution >= 4 is 44.6 Å². The Balaban J connectivity index is 1.21. The number of unbranched alkanes of at least 4 members (excludes halogenated alkanes) is 2. The van der Waals surface area contributed by atoms with E-state index in [0.717, 1.165) is 54.2 Å². The van der Waals surface area contributed by atoms with E-state index in [1.807, 2.05) is 6.20 Å². The number of aromatic nitrogens is 2. The average Bonchev–Trinajstić information content (AvgIpc) is 3.71. The van der Waals surface area contributed by atoms with Crippen LogP contribution in [0, 0.1) is 6.92 Å². The molecule has 1 aliphatic rings. The van der Waals surface area contributed by atoms with Crippen molar-refractivity contribution in [3.8, 4) is 17.3 Å². The molecule has 7 aromatic rings. The molecule has 0 spiro atoms. The molecule has 0 bridgehead atoms. The summed E-state index contributed by atoms with van der Waals surface area (Å²) >= 11 is 0. The number of para-hydroxylation sites is 3. The summed E-state index contributed by atoms with van der Waals surface area (Å²) in [5.41, 5.74) is 12.2. The molecule has 1 aliphatic heterocycles. The van der Waals surface area contributed by atoms with E-state index in [0.29, 0.717) is 6.67 Å². The maximum Gasteiger partial charge on any atom is 0.137 e. The molecule has 54 heavy (non-hydrogen) atoms. The lowest BCUT2D eigenvalue weighted by atomic mass is 9.85. The molecule has 5 heteroatoms. The third-order valence-electron chi connectivity index (χ3n) is 10.9. The molecule has 0 unspecified atom stereocenters. The molecule has 0 saturated heterocycles. The van der Waals surface area contributed by atoms with E-state index in [4.69, 9.17) is 9.72 Å². The van der Waals surface area contributed by atoms with Crippen molar-refractivity contribution < 1.29 is 4.74 Å². The van der Waals surface area contributed by atoms with Gasteiger partial charge in [-0.25, -0.2) is 4.98 Å². The summed E-state index contributed by atoms with van der Waals surface area (Å²) in [6.07, 6.45) is 8.54. The summed E-state index contributed by atoms with van der Waals surface area (Å²) in [5.74, 6) is 2.66. The second kappa shape index (κ2) is 14.7. The van der Waals surface area contributed by atoms with Gasteiger partial charge in [0.1, 0.15) is 24.0 Å². The van der Waals surface area contributed by atoms with Crippen LogP contribution in [0.25, 0.3) is 27.6 Å². The number of anilines is 4. The normalized spacial score (nSPS) is 12.9. The third-order valence-corrected chi connectivity index (χ3v) is 10.9. The van der Waals surface area contributed by atoms with E-state index in [9.17, 15) is 0 Å². The van der Waals surface area contributed by atoms with Gasteiger partial charge in [-0.2, -0.15) is 0 Å². The van der Waals surface area contributed by atoms with Gasteiger partial charge in [0.15, 0.2) is 0 Å². The molecule has 0 fully saturated rings. The van der Waals surface area contributed by atoms with Crippen LogP contribution in [0.2, 0.25) is 0 Å². The van der Waals surface area contributed by atoms with E-state index in [1.54, 1.807) is 0 Å². The molecular formula is C49H52N4O. The topological polar surface area (TPSA) is 33.5 Å². The van der Waals surface area contributed by atoms with Crippen molar-refractivity contribution in [1.82, 2.24) is 9.55 Å². The summed E-state index contributed by atoms with van der Waals surface area (Å²) < 4.78 is 9.31. The van der Waals surface area contributed by atoms with Crippen molar-refractivity contribution in [3.63, 3.8) is 0 Å². The summed E-state index contributed by atoms with van der Waals surface area (Å²) in [6.45, 7) is 14.2. The van der Waals surface area contributed by atoms with Gasteiger partial charge in [0, 0.05) is 40.5 Å². The lowest BCUT2D eigenvalue weighted by Crippen LogP contribution is -2.26. The van der Waals surface area contributed by atoms with Gasteiger partial charge in [-0.3, -0.25) is 4.57 Å². The zero-order valence-electron chi connectivity index (χ0n) is 32.7. The highest BCUT2D eigenvalue weighted by Gasteiger charge is 2.31. The van der Waals surface area contributed by atoms with Crippen LogP contribution >= 0.6 is 0 Å². The Morgan fingerprint density at radius 1 is 0.667 bits per heavy atom. The number of benzene rings is 5. The fourth-order valence-corrected chi connectivity index (χ4v) is 8.05. The van der Waals surface area contributed by atoms with Crippen LogP contribution in [0.4, 0.5) is 22.7 Å². The zero-order chi connectivity index (χ0) is 37.4. The first-order chi connectivity index (χ1) is 26.2. The van der Waals surface area contributed by atoms with Crippen LogP contribution < -0.4 is 14.5 Å². The standard InChI is InChI=1S/C49H52N4O/c1-7-9-16-35-24-25-42-39(29-35)40-30-36(17-10-8-2)47(32-46(40)53(42)48-28-34(3)26-27-50-48)54-38-19-15-18-37(31-38)51-33-52(45-23-14-13-22-44(45)51)43-21-12-11-20-41(43)49(4,5)6/h11-15,18-32H,7-10,16-17,33H2,1-6H3. The largest absolute Gasteiger partial charge is 0.457 e. The first kappa shape index (κ1) is 35.5. The quantitative estimate of drug-likeness (QED) is 0.134. The maximum atomic E-state index is 6.99. The second-order valence-electron chi connectivity index (χ2n) is 15.9. The predicted molar refractivity (Wildman–Crippen MR) is 228 cm³/mol. The number of pyridine rings is 1. The number of fused-ring (bicyclic) bond motifs is 4. The molecule has 0 radical (unpaired) electrons. The van der Waals surface area contributed by atoms with Gasteiger partial charge < -0.3 is 14.5 Å². The number of ether oxygens (including phenoxy) is 1. The van der Waals surface area contributed by atoms with E-state index >= 15 is 0 Å². The van der Waals surface area contributed by atoms with Crippen LogP contribution in [-0.2, 0) is 18.3 Å². The molecular weight excluding hydrogens is 661 g/mol. The van der Waals surface area contributed by atoms with E-state index < -0.39 is 0 Å². The summed E-state index contributed by atoms with van der Waals surface area (Å²) in [6, 6.07) is 42.0. The molecule has 0 N–H and O–H groups in total. The fourth-order valence-electron chi connectivity index (χ4n) is 8.05. The summed E-state index contributed by atoms with van der Waals surface area (Å²) in [4.78, 5) is 9.73. The van der Waals surface area contributed by atoms with E-state index in [2.05, 4.69) is 171 Å². The summed E-state index contributed by atoms with van der Waals surface area (Å²) in [7, 11) is 0. The Kier molecular flexibility index (Phi) is 9.66. The van der Waals surface area contributed by atoms with Crippen LogP contribution in [0.5, 0.6) is 11.5 Å². The van der Waals surface area contributed by atoms with Gasteiger partial charge >= 0.3 is 0 Å². The minimum Gasteiger partial charge on any atom is -0.457 e. The van der Waals surface area contributed by atoms with Gasteiger partial charge in [-0.15, -0.1) is 0 Å². The first-order valence-electron chi connectivity index (χ1n) is 19.8. The Morgan fingerprint density at radius 2 is 1.39 bits per heavy atom. The van der Waals surface area contributed by atoms with Crippen LogP contribution in [0.15, 0.2) is 121 Å². The van der Waals surface area contributed by atoms with Gasteiger partial charge in [0.25, 0.3) is 0 Å². The number of rotatable bonds is 11. The van der Waals surface area contributed by atoms with Crippen molar-refractivity contribution in [1.29, 1.82) is 0 Å². The van der Waals surface area contributed by atoms with Crippen molar-refractivity contribution in [2.75, 3.05) is 16.5 Å². The minimum atomic E-state index is 0.0156. The Bertz CT molecular complexity index is 2450. The number of hydrogen-bond donors (Lipinski definition) is 0. The number of aryl methyl sites for hydroxylation is 3. The average molecular weight is 713 g/mol. The SMILES string of the molecule is CCCCc1ccc2c(c1)c1cc(CCCC)c(Oc3cccc(N4CN(c5ccccc5C(C)(C)C)c5ccccc54)c3)cc1n2-c1cc(C)ccn1. The molecule has 8 rings (SSSR count). The lowest BCUT2D eigenvalue weighted by Gasteiger charge is -2.29. The molecule has 0 amide bonds. The highest BCUT2D eigenvalue weighted by molar-refractivity contribution is 6.10. The number of nitrogens with zero attached hydrogens (tertiary/aromatic N) is 4. The monoisotopic (exact) mass is 712 g/mol. The van der Waals surface area contributed by atoms with E-state index in [1.165, 1.54) is 68.4 Å². The predicted octanol–water partition coefficient (Wildman–Crippen LogP) is 13.5. The maximum absolute atomic E-state index is 6.99. The molecule has 5 aromatic carbocycles. The molecule has 3 heterocycles. The zero-order valence-corrected chi connectivity index (χ0v) is 32.7. The van der Waals surface area contributed by atoms with Crippen LogP contribution in [-0.4, -0.2) is 16.2 Å². The fraction of sp³-hybridized carbons (Fsp3) is 0.286. The molecule has 0 saturated carbocycles. The van der Waals surface area contributed by atoms with Crippen LogP contribution in [0.1, 0.15) is 82.6 Å². The highest BCUT2D eigenvalue weighted by atomic mass is 16.5. The Hall–Kier alpha value is -5.55. The minimum absolute atomic E-state index is 0.0156. The van der Waals surface area contributed by atoms with Crippen LogP contribution in [0.3, 0.4) is 0 Å². The Labute approximate surface area is 320 Å². The smallest absolute Gasteiger partial charge is 0.137 e. The number of hydrogen-bond acceptors (Lipinski definition) is 4. The van der Waals surface area contributed by atoms with E-state index in [-0.39, 0.29) is 5.41 Å². The van der Waals surface area contributed by atoms with Crippen molar-refractivity contribution in [3.05, 3.63) is 144 Å². The second-order valence-corrected chi connectivity index (χ2v) is 15.9. The first-order valence-corrected chi connectivity index (χ1v) is 19.8. The highest BCUT2D eigenvalue weighted by Crippen LogP contribution is 2.47. The van der Waals surface area contributed by atoms with Crippen molar-refractivity contribution in [2.24, 2.45) is 0 Å². The lowest BCUT2D eigenvalue weighted by molar-refractivity contribution is 0.476. The van der Waals surface area contributed by atoms with Gasteiger partial charge in [-0.1, -0.05) is 89.9 Å². The molecule has 0 aliphatic carbocycles. The summed E-state index contributed by atoms with van der Waals surface area (Å²) in [5, 5.41) is 2.53. The molecule has 0 atom stereocenters.